The fraction of sp³-hybridized carbons (Fsp3) is 0.625. The third-order valence-electron chi connectivity index (χ3n) is 3.24. The van der Waals surface area contributed by atoms with Crippen LogP contribution in [0.3, 0.4) is 0 Å². The Kier molecular flexibility index (Phi) is 6.99. The number of esters is 1. The highest BCUT2D eigenvalue weighted by Crippen LogP contribution is 2.18. The minimum Gasteiger partial charge on any atom is -0.462 e. The molecule has 0 aliphatic carbocycles. The smallest absolute Gasteiger partial charge is 0.340 e. The molecule has 1 aromatic heterocycles. The van der Waals surface area contributed by atoms with E-state index in [-0.39, 0.29) is 0 Å². The van der Waals surface area contributed by atoms with Crippen LogP contribution in [0, 0.1) is 5.92 Å². The average Bonchev–Trinajstić information content (AvgIpc) is 2.40. The minimum absolute atomic E-state index is 0.301. The maximum absolute atomic E-state index is 11.8. The molecule has 1 heterocycles. The van der Waals surface area contributed by atoms with Gasteiger partial charge in [-0.1, -0.05) is 26.7 Å². The van der Waals surface area contributed by atoms with Gasteiger partial charge in [0, 0.05) is 6.04 Å². The molecule has 1 atom stereocenters. The van der Waals surface area contributed by atoms with Gasteiger partial charge in [0.1, 0.15) is 5.82 Å². The first kappa shape index (κ1) is 17.3. The summed E-state index contributed by atoms with van der Waals surface area (Å²) in [5.74, 6) is 0.972. The molecule has 3 N–H and O–H groups in total. The summed E-state index contributed by atoms with van der Waals surface area (Å²) in [5, 5.41) is 3.31. The van der Waals surface area contributed by atoms with Crippen LogP contribution in [0.1, 0.15) is 57.3 Å². The molecule has 0 aliphatic heterocycles. The Bertz CT molecular complexity index is 461. The van der Waals surface area contributed by atoms with Crippen molar-refractivity contribution in [2.45, 2.75) is 53.0 Å². The number of hydrogen-bond acceptors (Lipinski definition) is 5. The number of carbonyl (C=O) groups is 1. The number of hydrogen-bond donors (Lipinski definition) is 2. The maximum atomic E-state index is 11.8. The van der Waals surface area contributed by atoms with Crippen molar-refractivity contribution in [3.8, 4) is 0 Å². The third-order valence-corrected chi connectivity index (χ3v) is 3.24. The molecule has 0 saturated heterocycles. The summed E-state index contributed by atoms with van der Waals surface area (Å²) in [5.41, 5.74) is 6.48. The van der Waals surface area contributed by atoms with Gasteiger partial charge in [0.2, 0.25) is 0 Å². The highest BCUT2D eigenvalue weighted by Gasteiger charge is 2.13. The number of nitrogens with zero attached hydrogens (tertiary/aromatic N) is 1. The number of ether oxygens (including phenoxy) is 1. The Morgan fingerprint density at radius 2 is 2.10 bits per heavy atom. The zero-order valence-corrected chi connectivity index (χ0v) is 13.5. The summed E-state index contributed by atoms with van der Waals surface area (Å²) in [6, 6.07) is 1.96. The Hall–Kier alpha value is -1.78. The molecule has 21 heavy (non-hydrogen) atoms. The van der Waals surface area contributed by atoms with E-state index in [0.717, 1.165) is 12.3 Å². The second-order valence-corrected chi connectivity index (χ2v) is 5.75. The summed E-state index contributed by atoms with van der Waals surface area (Å²) in [6.45, 7) is 8.67. The second-order valence-electron chi connectivity index (χ2n) is 5.75. The molecule has 0 aromatic carbocycles. The lowest BCUT2D eigenvalue weighted by Crippen LogP contribution is -2.17. The monoisotopic (exact) mass is 293 g/mol. The van der Waals surface area contributed by atoms with Crippen LogP contribution in [0.15, 0.2) is 12.3 Å². The number of pyridine rings is 1. The molecule has 1 rings (SSSR count). The van der Waals surface area contributed by atoms with Crippen molar-refractivity contribution in [2.24, 2.45) is 5.92 Å². The zero-order chi connectivity index (χ0) is 15.8. The van der Waals surface area contributed by atoms with Crippen molar-refractivity contribution >= 4 is 17.5 Å². The van der Waals surface area contributed by atoms with Gasteiger partial charge in [0.15, 0.2) is 0 Å². The summed E-state index contributed by atoms with van der Waals surface area (Å²) >= 11 is 0. The van der Waals surface area contributed by atoms with E-state index in [4.69, 9.17) is 10.5 Å². The van der Waals surface area contributed by atoms with E-state index < -0.39 is 5.97 Å². The molecule has 0 amide bonds. The Morgan fingerprint density at radius 3 is 2.71 bits per heavy atom. The van der Waals surface area contributed by atoms with Crippen LogP contribution < -0.4 is 11.1 Å². The Labute approximate surface area is 127 Å². The van der Waals surface area contributed by atoms with Crippen LogP contribution in [0.2, 0.25) is 0 Å². The van der Waals surface area contributed by atoms with Crippen LogP contribution >= 0.6 is 0 Å². The van der Waals surface area contributed by atoms with Crippen LogP contribution in [0.5, 0.6) is 0 Å². The number of anilines is 2. The highest BCUT2D eigenvalue weighted by molar-refractivity contribution is 5.95. The van der Waals surface area contributed by atoms with Gasteiger partial charge in [-0.25, -0.2) is 9.78 Å². The maximum Gasteiger partial charge on any atom is 0.340 e. The van der Waals surface area contributed by atoms with Gasteiger partial charge < -0.3 is 15.8 Å². The topological polar surface area (TPSA) is 77.2 Å². The third kappa shape index (κ3) is 6.02. The van der Waals surface area contributed by atoms with E-state index in [0.29, 0.717) is 29.7 Å². The quantitative estimate of drug-likeness (QED) is 0.718. The average molecular weight is 293 g/mol. The van der Waals surface area contributed by atoms with Gasteiger partial charge >= 0.3 is 5.97 Å². The van der Waals surface area contributed by atoms with Crippen molar-refractivity contribution in [3.05, 3.63) is 17.8 Å². The molecule has 5 heteroatoms. The van der Waals surface area contributed by atoms with Crippen LogP contribution in [-0.4, -0.2) is 23.6 Å². The van der Waals surface area contributed by atoms with E-state index >= 15 is 0 Å². The van der Waals surface area contributed by atoms with Crippen molar-refractivity contribution in [1.29, 1.82) is 0 Å². The number of carbonyl (C=O) groups excluding carboxylic acids is 1. The van der Waals surface area contributed by atoms with Crippen molar-refractivity contribution < 1.29 is 9.53 Å². The molecular weight excluding hydrogens is 266 g/mol. The van der Waals surface area contributed by atoms with Crippen molar-refractivity contribution in [1.82, 2.24) is 4.98 Å². The first-order chi connectivity index (χ1) is 9.93. The van der Waals surface area contributed by atoms with Gasteiger partial charge in [-0.3, -0.25) is 0 Å². The molecular formula is C16H27N3O2. The number of nitrogens with one attached hydrogen (secondary N) is 1. The fourth-order valence-corrected chi connectivity index (χ4v) is 2.09. The lowest BCUT2D eigenvalue weighted by molar-refractivity contribution is 0.0527. The zero-order valence-electron chi connectivity index (χ0n) is 13.5. The molecule has 1 aromatic rings. The number of nitrogen functional groups attached to an aromatic ring is 1. The van der Waals surface area contributed by atoms with Gasteiger partial charge in [-0.2, -0.15) is 0 Å². The predicted molar refractivity (Wildman–Crippen MR) is 86.4 cm³/mol. The molecule has 0 spiro atoms. The lowest BCUT2D eigenvalue weighted by Gasteiger charge is -2.16. The van der Waals surface area contributed by atoms with Crippen molar-refractivity contribution in [3.63, 3.8) is 0 Å². The molecule has 0 saturated carbocycles. The summed E-state index contributed by atoms with van der Waals surface area (Å²) in [7, 11) is 0. The number of nitrogens with two attached hydrogens (primary N) is 1. The van der Waals surface area contributed by atoms with Gasteiger partial charge in [0.05, 0.1) is 24.1 Å². The van der Waals surface area contributed by atoms with E-state index in [2.05, 4.69) is 31.1 Å². The number of rotatable bonds is 8. The summed E-state index contributed by atoms with van der Waals surface area (Å²) in [4.78, 5) is 16.0. The van der Waals surface area contributed by atoms with E-state index in [1.54, 1.807) is 13.0 Å². The van der Waals surface area contributed by atoms with Crippen LogP contribution in [-0.2, 0) is 4.74 Å². The van der Waals surface area contributed by atoms with E-state index in [1.807, 2.05) is 0 Å². The van der Waals surface area contributed by atoms with Gasteiger partial charge in [0.25, 0.3) is 0 Å². The predicted octanol–water partition coefficient (Wildman–Crippen LogP) is 3.47. The minimum atomic E-state index is -0.409. The molecule has 0 aliphatic rings. The largest absolute Gasteiger partial charge is 0.462 e. The fourth-order valence-electron chi connectivity index (χ4n) is 2.09. The lowest BCUT2D eigenvalue weighted by atomic mass is 10.0. The normalized spacial score (nSPS) is 12.2. The first-order valence-corrected chi connectivity index (χ1v) is 7.63. The standard InChI is InChI=1S/C16H27N3O2/c1-5-21-16(20)13-9-15(18-10-14(13)17)19-12(4)8-6-7-11(2)3/h9-12H,5-8,17H2,1-4H3,(H,18,19). The van der Waals surface area contributed by atoms with Gasteiger partial charge in [-0.05, 0) is 32.3 Å². The van der Waals surface area contributed by atoms with E-state index in [9.17, 15) is 4.79 Å². The molecule has 118 valence electrons. The summed E-state index contributed by atoms with van der Waals surface area (Å²) in [6.07, 6.45) is 4.95. The van der Waals surface area contributed by atoms with Crippen molar-refractivity contribution in [2.75, 3.05) is 17.7 Å². The molecule has 5 nitrogen and oxygen atoms in total. The molecule has 0 fully saturated rings. The first-order valence-electron chi connectivity index (χ1n) is 7.63. The van der Waals surface area contributed by atoms with E-state index in [1.165, 1.54) is 19.0 Å². The SMILES string of the molecule is CCOC(=O)c1cc(NC(C)CCCC(C)C)ncc1N. The Morgan fingerprint density at radius 1 is 1.38 bits per heavy atom. The number of aromatic nitrogens is 1. The molecule has 0 bridgehead atoms. The second kappa shape index (κ2) is 8.49. The van der Waals surface area contributed by atoms with Crippen LogP contribution in [0.4, 0.5) is 11.5 Å². The van der Waals surface area contributed by atoms with Gasteiger partial charge in [-0.15, -0.1) is 0 Å². The summed E-state index contributed by atoms with van der Waals surface area (Å²) < 4.78 is 4.99. The highest BCUT2D eigenvalue weighted by atomic mass is 16.5. The molecule has 1 unspecified atom stereocenters. The Balaban J connectivity index is 2.63. The van der Waals surface area contributed by atoms with Crippen LogP contribution in [0.25, 0.3) is 0 Å². The molecule has 0 radical (unpaired) electrons.